The van der Waals surface area contributed by atoms with Gasteiger partial charge in [-0.25, -0.2) is 4.79 Å². The first-order chi connectivity index (χ1) is 23.5. The minimum atomic E-state index is -0.931. The molecule has 0 saturated carbocycles. The second-order valence-corrected chi connectivity index (χ2v) is 12.7. The van der Waals surface area contributed by atoms with Crippen LogP contribution in [0.2, 0.25) is 0 Å². The van der Waals surface area contributed by atoms with E-state index in [9.17, 15) is 9.59 Å². The van der Waals surface area contributed by atoms with Gasteiger partial charge in [0, 0.05) is 25.6 Å². The van der Waals surface area contributed by atoms with Crippen LogP contribution < -0.4 is 24.8 Å². The van der Waals surface area contributed by atoms with Crippen LogP contribution in [0, 0.1) is 0 Å². The number of hydrogen-bond donors (Lipinski definition) is 2. The van der Waals surface area contributed by atoms with Crippen LogP contribution in [0.15, 0.2) is 72.8 Å². The van der Waals surface area contributed by atoms with Crippen LogP contribution in [0.3, 0.4) is 0 Å². The minimum absolute atomic E-state index is 0.231. The van der Waals surface area contributed by atoms with Gasteiger partial charge in [-0.1, -0.05) is 70.2 Å². The van der Waals surface area contributed by atoms with Crippen molar-refractivity contribution in [1.82, 2.24) is 15.1 Å². The highest BCUT2D eigenvalue weighted by Crippen LogP contribution is 2.30. The van der Waals surface area contributed by atoms with Crippen molar-refractivity contribution in [3.05, 3.63) is 83.9 Å². The summed E-state index contributed by atoms with van der Waals surface area (Å²) < 4.78 is 23.7. The first kappa shape index (κ1) is 39.2. The van der Waals surface area contributed by atoms with E-state index in [4.69, 9.17) is 18.9 Å². The molecule has 0 heterocycles. The molecule has 0 spiro atoms. The van der Waals surface area contributed by atoms with Crippen LogP contribution in [0.5, 0.6) is 17.2 Å². The molecule has 3 aromatic rings. The summed E-state index contributed by atoms with van der Waals surface area (Å²) in [7, 11) is 0. The largest absolute Gasteiger partial charge is 0.492 e. The van der Waals surface area contributed by atoms with E-state index in [0.29, 0.717) is 42.8 Å². The number of ether oxygens (including phenoxy) is 4. The van der Waals surface area contributed by atoms with Gasteiger partial charge in [0.15, 0.2) is 0 Å². The Morgan fingerprint density at radius 2 is 1.31 bits per heavy atom. The number of hydrogen-bond acceptors (Lipinski definition) is 8. The summed E-state index contributed by atoms with van der Waals surface area (Å²) in [5, 5.41) is 5.77. The standard InChI is InChI=1S/C39H56N4O6/c1-8-42(9-2)23-25-46-33-21-22-34(36(28-33)47-26-24-43(10-3)11-4)40-37(44)35(41-38(45)49-39(5,6)7)27-30-17-19-32(20-18-30)48-29-31-15-13-12-14-16-31/h12-22,28,35H,8-11,23-27,29H2,1-7H3,(H,40,44)(H,41,45). The Hall–Kier alpha value is -4.28. The Morgan fingerprint density at radius 3 is 1.90 bits per heavy atom. The first-order valence-electron chi connectivity index (χ1n) is 17.4. The van der Waals surface area contributed by atoms with Gasteiger partial charge < -0.3 is 39.4 Å². The molecule has 0 bridgehead atoms. The molecule has 1 atom stereocenters. The lowest BCUT2D eigenvalue weighted by Gasteiger charge is -2.24. The molecule has 10 nitrogen and oxygen atoms in total. The highest BCUT2D eigenvalue weighted by Gasteiger charge is 2.26. The molecule has 3 rings (SSSR count). The third kappa shape index (κ3) is 14.4. The molecule has 0 aliphatic heterocycles. The lowest BCUT2D eigenvalue weighted by molar-refractivity contribution is -0.118. The maximum atomic E-state index is 13.9. The van der Waals surface area contributed by atoms with Crippen molar-refractivity contribution in [3.8, 4) is 17.2 Å². The summed E-state index contributed by atoms with van der Waals surface area (Å²) in [4.78, 5) is 31.3. The zero-order valence-electron chi connectivity index (χ0n) is 30.4. The molecule has 0 saturated heterocycles. The van der Waals surface area contributed by atoms with Crippen LogP contribution in [0.4, 0.5) is 10.5 Å². The SMILES string of the molecule is CCN(CC)CCOc1ccc(NC(=O)C(Cc2ccc(OCc3ccccc3)cc2)NC(=O)OC(C)(C)C)c(OCCN(CC)CC)c1. The van der Waals surface area contributed by atoms with Gasteiger partial charge in [-0.3, -0.25) is 4.79 Å². The van der Waals surface area contributed by atoms with Crippen molar-refractivity contribution >= 4 is 17.7 Å². The average Bonchev–Trinajstić information content (AvgIpc) is 3.08. The normalized spacial score (nSPS) is 12.0. The van der Waals surface area contributed by atoms with Gasteiger partial charge in [-0.2, -0.15) is 0 Å². The van der Waals surface area contributed by atoms with E-state index in [1.54, 1.807) is 26.8 Å². The van der Waals surface area contributed by atoms with Crippen molar-refractivity contribution in [2.75, 3.05) is 57.8 Å². The van der Waals surface area contributed by atoms with Crippen LogP contribution in [0.25, 0.3) is 0 Å². The van der Waals surface area contributed by atoms with E-state index in [1.807, 2.05) is 66.7 Å². The van der Waals surface area contributed by atoms with E-state index in [0.717, 1.165) is 50.4 Å². The molecule has 0 aliphatic carbocycles. The monoisotopic (exact) mass is 676 g/mol. The smallest absolute Gasteiger partial charge is 0.408 e. The van der Waals surface area contributed by atoms with Crippen LogP contribution in [0.1, 0.15) is 59.6 Å². The van der Waals surface area contributed by atoms with Crippen molar-refractivity contribution in [2.45, 2.75) is 73.1 Å². The number of likely N-dealkylation sites (N-methyl/N-ethyl adjacent to an activating group) is 2. The highest BCUT2D eigenvalue weighted by atomic mass is 16.6. The maximum absolute atomic E-state index is 13.9. The number of carbonyl (C=O) groups is 2. The van der Waals surface area contributed by atoms with Crippen LogP contribution in [-0.2, 0) is 22.6 Å². The number of nitrogens with zero attached hydrogens (tertiary/aromatic N) is 2. The Bertz CT molecular complexity index is 1400. The summed E-state index contributed by atoms with van der Waals surface area (Å²) >= 11 is 0. The number of amides is 2. The molecule has 0 aromatic heterocycles. The number of carbonyl (C=O) groups excluding carboxylic acids is 2. The van der Waals surface area contributed by atoms with Gasteiger partial charge in [-0.05, 0) is 82.3 Å². The van der Waals surface area contributed by atoms with E-state index >= 15 is 0 Å². The fraction of sp³-hybridized carbons (Fsp3) is 0.487. The van der Waals surface area contributed by atoms with Gasteiger partial charge in [0.05, 0.1) is 5.69 Å². The molecule has 3 aromatic carbocycles. The number of rotatable bonds is 20. The van der Waals surface area contributed by atoms with Gasteiger partial charge in [0.25, 0.3) is 0 Å². The third-order valence-electron chi connectivity index (χ3n) is 7.96. The number of alkyl carbamates (subject to hydrolysis) is 1. The first-order valence-corrected chi connectivity index (χ1v) is 17.4. The second kappa shape index (κ2) is 20.3. The van der Waals surface area contributed by atoms with Gasteiger partial charge in [-0.15, -0.1) is 0 Å². The number of benzene rings is 3. The highest BCUT2D eigenvalue weighted by molar-refractivity contribution is 5.98. The quantitative estimate of drug-likeness (QED) is 0.135. The lowest BCUT2D eigenvalue weighted by Crippen LogP contribution is -2.47. The molecule has 2 amide bonds. The van der Waals surface area contributed by atoms with E-state index in [-0.39, 0.29) is 6.42 Å². The predicted molar refractivity (Wildman–Crippen MR) is 196 cm³/mol. The molecule has 0 radical (unpaired) electrons. The maximum Gasteiger partial charge on any atom is 0.408 e. The fourth-order valence-corrected chi connectivity index (χ4v) is 5.05. The third-order valence-corrected chi connectivity index (χ3v) is 7.96. The zero-order valence-corrected chi connectivity index (χ0v) is 30.4. The zero-order chi connectivity index (χ0) is 35.6. The molecule has 10 heteroatoms. The Labute approximate surface area is 293 Å². The average molecular weight is 677 g/mol. The number of nitrogens with one attached hydrogen (secondary N) is 2. The Balaban J connectivity index is 1.78. The van der Waals surface area contributed by atoms with Gasteiger partial charge in [0.1, 0.15) is 48.7 Å². The van der Waals surface area contributed by atoms with Crippen molar-refractivity contribution < 1.29 is 28.5 Å². The minimum Gasteiger partial charge on any atom is -0.492 e. The second-order valence-electron chi connectivity index (χ2n) is 12.7. The van der Waals surface area contributed by atoms with E-state index in [1.165, 1.54) is 0 Å². The molecule has 0 aliphatic rings. The van der Waals surface area contributed by atoms with Crippen LogP contribution >= 0.6 is 0 Å². The summed E-state index contributed by atoms with van der Waals surface area (Å²) in [6.07, 6.45) is -0.447. The molecule has 49 heavy (non-hydrogen) atoms. The predicted octanol–water partition coefficient (Wildman–Crippen LogP) is 6.78. The Morgan fingerprint density at radius 1 is 0.714 bits per heavy atom. The fourth-order valence-electron chi connectivity index (χ4n) is 5.05. The van der Waals surface area contributed by atoms with E-state index in [2.05, 4.69) is 48.1 Å². The van der Waals surface area contributed by atoms with Crippen molar-refractivity contribution in [2.24, 2.45) is 0 Å². The molecule has 1 unspecified atom stereocenters. The van der Waals surface area contributed by atoms with E-state index < -0.39 is 23.6 Å². The summed E-state index contributed by atoms with van der Waals surface area (Å²) in [5.41, 5.74) is 1.67. The molecular formula is C39H56N4O6. The molecular weight excluding hydrogens is 620 g/mol. The topological polar surface area (TPSA) is 102 Å². The molecule has 2 N–H and O–H groups in total. The van der Waals surface area contributed by atoms with Gasteiger partial charge in [0.2, 0.25) is 5.91 Å². The summed E-state index contributed by atoms with van der Waals surface area (Å²) in [6.45, 7) is 20.5. The number of anilines is 1. The van der Waals surface area contributed by atoms with Crippen LogP contribution in [-0.4, -0.2) is 85.9 Å². The molecule has 268 valence electrons. The van der Waals surface area contributed by atoms with Crippen molar-refractivity contribution in [1.29, 1.82) is 0 Å². The lowest BCUT2D eigenvalue weighted by atomic mass is 10.0. The molecule has 0 fully saturated rings. The summed E-state index contributed by atoms with van der Waals surface area (Å²) in [6, 6.07) is 21.9. The Kier molecular flexibility index (Phi) is 16.2. The van der Waals surface area contributed by atoms with Gasteiger partial charge >= 0.3 is 6.09 Å². The van der Waals surface area contributed by atoms with Crippen molar-refractivity contribution in [3.63, 3.8) is 0 Å². The summed E-state index contributed by atoms with van der Waals surface area (Å²) in [5.74, 6) is 1.46.